The number of aryl methyl sites for hydroxylation is 1. The summed E-state index contributed by atoms with van der Waals surface area (Å²) < 4.78 is 8.24. The summed E-state index contributed by atoms with van der Waals surface area (Å²) in [5.41, 5.74) is 1.16. The van der Waals surface area contributed by atoms with Gasteiger partial charge >= 0.3 is 5.69 Å². The smallest absolute Gasteiger partial charge is 0.335 e. The van der Waals surface area contributed by atoms with Gasteiger partial charge in [-0.3, -0.25) is 4.57 Å². The average molecular weight is 281 g/mol. The number of fused-ring (bicyclic) bond motifs is 1. The summed E-state index contributed by atoms with van der Waals surface area (Å²) in [4.78, 5) is 12.0. The third-order valence-corrected chi connectivity index (χ3v) is 3.57. The number of ether oxygens (including phenoxy) is 1. The van der Waals surface area contributed by atoms with Crippen LogP contribution in [0.2, 0.25) is 5.02 Å². The summed E-state index contributed by atoms with van der Waals surface area (Å²) in [6, 6.07) is 3.40. The molecule has 1 aliphatic rings. The van der Waals surface area contributed by atoms with Crippen LogP contribution in [0.15, 0.2) is 23.1 Å². The van der Waals surface area contributed by atoms with E-state index in [0.29, 0.717) is 22.9 Å². The first kappa shape index (κ1) is 12.2. The zero-order chi connectivity index (χ0) is 13.7. The number of halogens is 1. The van der Waals surface area contributed by atoms with E-state index in [1.807, 2.05) is 6.92 Å². The lowest BCUT2D eigenvalue weighted by atomic mass is 10.1. The summed E-state index contributed by atoms with van der Waals surface area (Å²) in [5, 5.41) is 10.4. The molecule has 0 aliphatic carbocycles. The van der Waals surface area contributed by atoms with Crippen molar-refractivity contribution in [3.8, 4) is 17.3 Å². The van der Waals surface area contributed by atoms with Crippen molar-refractivity contribution in [1.82, 2.24) is 9.13 Å². The van der Waals surface area contributed by atoms with Gasteiger partial charge in [0.2, 0.25) is 5.88 Å². The molecule has 1 N–H and O–H groups in total. The molecule has 1 aromatic carbocycles. The maximum Gasteiger partial charge on any atom is 0.335 e. The van der Waals surface area contributed by atoms with Crippen molar-refractivity contribution < 1.29 is 9.84 Å². The van der Waals surface area contributed by atoms with Crippen LogP contribution in [0.4, 0.5) is 0 Å². The summed E-state index contributed by atoms with van der Waals surface area (Å²) in [5.74, 6) is 0.499. The third kappa shape index (κ3) is 1.73. The van der Waals surface area contributed by atoms with Crippen LogP contribution in [0.1, 0.15) is 12.5 Å². The van der Waals surface area contributed by atoms with Crippen molar-refractivity contribution >= 4 is 11.6 Å². The molecule has 1 aromatic heterocycles. The first-order valence-corrected chi connectivity index (χ1v) is 6.32. The maximum atomic E-state index is 12.0. The Morgan fingerprint density at radius 1 is 1.47 bits per heavy atom. The topological polar surface area (TPSA) is 56.4 Å². The fraction of sp³-hybridized carbons (Fsp3) is 0.308. The van der Waals surface area contributed by atoms with Crippen LogP contribution in [0.25, 0.3) is 5.69 Å². The Balaban J connectivity index is 2.29. The number of benzene rings is 1. The van der Waals surface area contributed by atoms with Crippen molar-refractivity contribution in [3.05, 3.63) is 39.4 Å². The molecule has 0 saturated heterocycles. The van der Waals surface area contributed by atoms with Crippen LogP contribution in [0.3, 0.4) is 0 Å². The number of rotatable bonds is 1. The van der Waals surface area contributed by atoms with E-state index in [4.69, 9.17) is 16.3 Å². The van der Waals surface area contributed by atoms with E-state index in [2.05, 4.69) is 0 Å². The quantitative estimate of drug-likeness (QED) is 0.867. The lowest BCUT2D eigenvalue weighted by Gasteiger charge is -2.09. The van der Waals surface area contributed by atoms with Crippen molar-refractivity contribution in [2.45, 2.75) is 19.4 Å². The first-order valence-electron chi connectivity index (χ1n) is 5.94. The van der Waals surface area contributed by atoms with Gasteiger partial charge in [-0.05, 0) is 19.1 Å². The summed E-state index contributed by atoms with van der Waals surface area (Å²) >= 11 is 6.10. The Hall–Kier alpha value is -1.88. The summed E-state index contributed by atoms with van der Waals surface area (Å²) in [6.45, 7) is 1.94. The lowest BCUT2D eigenvalue weighted by Crippen LogP contribution is -2.21. The van der Waals surface area contributed by atoms with Crippen LogP contribution < -0.4 is 10.4 Å². The molecule has 0 saturated carbocycles. The molecule has 5 nitrogen and oxygen atoms in total. The lowest BCUT2D eigenvalue weighted by molar-refractivity contribution is 0.255. The van der Waals surface area contributed by atoms with Crippen molar-refractivity contribution in [2.75, 3.05) is 0 Å². The normalized spacial score (nSPS) is 17.3. The molecular weight excluding hydrogens is 268 g/mol. The Labute approximate surface area is 114 Å². The van der Waals surface area contributed by atoms with Gasteiger partial charge in [-0.1, -0.05) is 11.6 Å². The number of hydrogen-bond acceptors (Lipinski definition) is 3. The van der Waals surface area contributed by atoms with Gasteiger partial charge in [0.05, 0.1) is 16.9 Å². The predicted molar refractivity (Wildman–Crippen MR) is 71.5 cm³/mol. The molecule has 100 valence electrons. The maximum absolute atomic E-state index is 12.0. The highest BCUT2D eigenvalue weighted by atomic mass is 35.5. The Morgan fingerprint density at radius 2 is 2.21 bits per heavy atom. The van der Waals surface area contributed by atoms with Crippen LogP contribution in [-0.2, 0) is 13.5 Å². The molecule has 0 radical (unpaired) electrons. The minimum Gasteiger partial charge on any atom is -0.493 e. The fourth-order valence-electron chi connectivity index (χ4n) is 2.42. The molecule has 2 heterocycles. The molecule has 3 rings (SSSR count). The van der Waals surface area contributed by atoms with Crippen molar-refractivity contribution in [1.29, 1.82) is 0 Å². The van der Waals surface area contributed by atoms with Gasteiger partial charge in [-0.2, -0.15) is 0 Å². The van der Waals surface area contributed by atoms with Crippen LogP contribution in [0.5, 0.6) is 11.6 Å². The summed E-state index contributed by atoms with van der Waals surface area (Å²) in [6.07, 6.45) is 2.05. The van der Waals surface area contributed by atoms with Crippen LogP contribution in [0, 0.1) is 0 Å². The van der Waals surface area contributed by atoms with E-state index in [1.165, 1.54) is 15.3 Å². The van der Waals surface area contributed by atoms with Gasteiger partial charge in [0.1, 0.15) is 11.9 Å². The van der Waals surface area contributed by atoms with Crippen molar-refractivity contribution in [2.24, 2.45) is 7.05 Å². The fourth-order valence-corrected chi connectivity index (χ4v) is 2.64. The third-order valence-electron chi connectivity index (χ3n) is 3.27. The second kappa shape index (κ2) is 4.06. The number of hydrogen-bond donors (Lipinski definition) is 1. The van der Waals surface area contributed by atoms with E-state index in [1.54, 1.807) is 19.2 Å². The molecule has 0 amide bonds. The van der Waals surface area contributed by atoms with E-state index < -0.39 is 0 Å². The van der Waals surface area contributed by atoms with E-state index >= 15 is 0 Å². The number of aromatic hydroxyl groups is 1. The Morgan fingerprint density at radius 3 is 2.84 bits per heavy atom. The Kier molecular flexibility index (Phi) is 2.60. The molecule has 1 unspecified atom stereocenters. The molecule has 0 spiro atoms. The highest BCUT2D eigenvalue weighted by Gasteiger charge is 2.27. The predicted octanol–water partition coefficient (Wildman–Crippen LogP) is 1.86. The first-order chi connectivity index (χ1) is 8.99. The van der Waals surface area contributed by atoms with Gasteiger partial charge in [-0.15, -0.1) is 0 Å². The molecule has 6 heteroatoms. The largest absolute Gasteiger partial charge is 0.493 e. The monoisotopic (exact) mass is 280 g/mol. The molecule has 1 aliphatic heterocycles. The summed E-state index contributed by atoms with van der Waals surface area (Å²) in [7, 11) is 1.59. The van der Waals surface area contributed by atoms with Crippen LogP contribution >= 0.6 is 11.6 Å². The number of aromatic nitrogens is 2. The SMILES string of the molecule is CC1Cc2c(-n3c(O)cn(C)c3=O)ccc(Cl)c2O1. The molecular formula is C13H13ClN2O3. The van der Waals surface area contributed by atoms with E-state index in [9.17, 15) is 9.90 Å². The van der Waals surface area contributed by atoms with Gasteiger partial charge < -0.3 is 9.84 Å². The van der Waals surface area contributed by atoms with Gasteiger partial charge in [0.15, 0.2) is 0 Å². The minimum absolute atomic E-state index is 0.00945. The number of nitrogens with zero attached hydrogens (tertiary/aromatic N) is 2. The Bertz CT molecular complexity index is 717. The van der Waals surface area contributed by atoms with Crippen LogP contribution in [-0.4, -0.2) is 20.3 Å². The van der Waals surface area contributed by atoms with Gasteiger partial charge in [-0.25, -0.2) is 9.36 Å². The minimum atomic E-state index is -0.304. The second-order valence-electron chi connectivity index (χ2n) is 4.72. The second-order valence-corrected chi connectivity index (χ2v) is 5.13. The molecule has 1 atom stereocenters. The highest BCUT2D eigenvalue weighted by molar-refractivity contribution is 6.32. The van der Waals surface area contributed by atoms with Crippen molar-refractivity contribution in [3.63, 3.8) is 0 Å². The van der Waals surface area contributed by atoms with E-state index in [0.717, 1.165) is 5.56 Å². The van der Waals surface area contributed by atoms with E-state index in [-0.39, 0.29) is 17.7 Å². The zero-order valence-corrected chi connectivity index (χ0v) is 11.3. The van der Waals surface area contributed by atoms with Gasteiger partial charge in [0, 0.05) is 19.0 Å². The molecule has 0 bridgehead atoms. The molecule has 2 aromatic rings. The molecule has 19 heavy (non-hydrogen) atoms. The zero-order valence-electron chi connectivity index (χ0n) is 10.6. The highest BCUT2D eigenvalue weighted by Crippen LogP contribution is 2.39. The average Bonchev–Trinajstić information content (AvgIpc) is 2.84. The van der Waals surface area contributed by atoms with Gasteiger partial charge in [0.25, 0.3) is 0 Å². The standard InChI is InChI=1S/C13H13ClN2O3/c1-7-5-8-10(4-3-9(14)12(8)19-7)16-11(17)6-15(2)13(16)18/h3-4,6-7,17H,5H2,1-2H3. The number of imidazole rings is 1. The molecule has 0 fully saturated rings.